The zero-order valence-corrected chi connectivity index (χ0v) is 21.6. The maximum Gasteiger partial charge on any atom is 0.224 e. The zero-order chi connectivity index (χ0) is 25.6. The van der Waals surface area contributed by atoms with Gasteiger partial charge in [0.2, 0.25) is 12.3 Å². The second-order valence-corrected chi connectivity index (χ2v) is 9.73. The number of phenols is 1. The number of rotatable bonds is 15. The number of anilines is 1. The van der Waals surface area contributed by atoms with E-state index in [9.17, 15) is 14.7 Å². The number of benzene rings is 2. The SMILES string of the molecule is Cc1cccc(CCNCCC(=O)N(CCNCCc2ccc(O)c(NC=O)c2)C2CCCCC2)c1. The van der Waals surface area contributed by atoms with Crippen molar-refractivity contribution in [1.29, 1.82) is 0 Å². The summed E-state index contributed by atoms with van der Waals surface area (Å²) >= 11 is 0. The number of carbonyl (C=O) groups excluding carboxylic acids is 2. The Hall–Kier alpha value is -2.90. The van der Waals surface area contributed by atoms with Crippen LogP contribution in [-0.2, 0) is 22.4 Å². The van der Waals surface area contributed by atoms with E-state index >= 15 is 0 Å². The summed E-state index contributed by atoms with van der Waals surface area (Å²) in [4.78, 5) is 25.9. The molecule has 0 heterocycles. The van der Waals surface area contributed by atoms with Gasteiger partial charge < -0.3 is 26.0 Å². The molecular formula is C29H42N4O3. The molecule has 0 atom stereocenters. The van der Waals surface area contributed by atoms with Crippen molar-refractivity contribution in [3.8, 4) is 5.75 Å². The zero-order valence-electron chi connectivity index (χ0n) is 21.6. The fourth-order valence-corrected chi connectivity index (χ4v) is 4.94. The van der Waals surface area contributed by atoms with Gasteiger partial charge in [-0.05, 0) is 69.0 Å². The number of nitrogens with one attached hydrogen (secondary N) is 3. The summed E-state index contributed by atoms with van der Waals surface area (Å²) in [6.07, 6.45) is 8.72. The number of hydrogen-bond donors (Lipinski definition) is 4. The third-order valence-electron chi connectivity index (χ3n) is 6.92. The van der Waals surface area contributed by atoms with E-state index < -0.39 is 0 Å². The fourth-order valence-electron chi connectivity index (χ4n) is 4.94. The van der Waals surface area contributed by atoms with Crippen molar-refractivity contribution in [1.82, 2.24) is 15.5 Å². The molecule has 0 aromatic heterocycles. The Bertz CT molecular complexity index is 959. The molecule has 0 spiro atoms. The van der Waals surface area contributed by atoms with Gasteiger partial charge in [-0.2, -0.15) is 0 Å². The molecule has 1 aliphatic rings. The lowest BCUT2D eigenvalue weighted by molar-refractivity contribution is -0.134. The molecule has 2 aromatic carbocycles. The minimum absolute atomic E-state index is 0.0603. The molecule has 1 fully saturated rings. The van der Waals surface area contributed by atoms with Gasteiger partial charge in [0.05, 0.1) is 5.69 Å². The van der Waals surface area contributed by atoms with Crippen molar-refractivity contribution < 1.29 is 14.7 Å². The molecule has 1 saturated carbocycles. The van der Waals surface area contributed by atoms with E-state index in [1.807, 2.05) is 6.07 Å². The van der Waals surface area contributed by atoms with E-state index in [1.54, 1.807) is 12.1 Å². The summed E-state index contributed by atoms with van der Waals surface area (Å²) < 4.78 is 0. The minimum atomic E-state index is 0.0603. The second-order valence-electron chi connectivity index (χ2n) is 9.73. The average Bonchev–Trinajstić information content (AvgIpc) is 2.88. The summed E-state index contributed by atoms with van der Waals surface area (Å²) in [7, 11) is 0. The Morgan fingerprint density at radius 1 is 0.972 bits per heavy atom. The van der Waals surface area contributed by atoms with Crippen LogP contribution in [0.5, 0.6) is 5.75 Å². The van der Waals surface area contributed by atoms with Gasteiger partial charge in [0.25, 0.3) is 0 Å². The molecule has 0 radical (unpaired) electrons. The highest BCUT2D eigenvalue weighted by atomic mass is 16.3. The summed E-state index contributed by atoms with van der Waals surface area (Å²) in [5, 5.41) is 19.2. The molecule has 0 saturated heterocycles. The standard InChI is InChI=1S/C29H42N4O3/c1-23-6-5-7-24(20-23)12-15-30-17-14-29(36)33(26-8-3-2-4-9-26)19-18-31-16-13-25-10-11-28(35)27(21-25)32-22-34/h5-7,10-11,20-22,26,30-31,35H,2-4,8-9,12-19H2,1H3,(H,32,34). The number of amides is 2. The molecule has 0 bridgehead atoms. The summed E-state index contributed by atoms with van der Waals surface area (Å²) in [6, 6.07) is 14.2. The number of aryl methyl sites for hydroxylation is 1. The number of phenolic OH excluding ortho intramolecular Hbond substituents is 1. The molecule has 36 heavy (non-hydrogen) atoms. The summed E-state index contributed by atoms with van der Waals surface area (Å²) in [5.74, 6) is 0.306. The molecular weight excluding hydrogens is 452 g/mol. The van der Waals surface area contributed by atoms with Crippen molar-refractivity contribution in [2.75, 3.05) is 38.0 Å². The predicted molar refractivity (Wildman–Crippen MR) is 145 cm³/mol. The van der Waals surface area contributed by atoms with Gasteiger partial charge in [-0.15, -0.1) is 0 Å². The first-order chi connectivity index (χ1) is 17.6. The van der Waals surface area contributed by atoms with Crippen LogP contribution in [0.2, 0.25) is 0 Å². The number of aromatic hydroxyl groups is 1. The van der Waals surface area contributed by atoms with E-state index in [-0.39, 0.29) is 11.7 Å². The monoisotopic (exact) mass is 494 g/mol. The van der Waals surface area contributed by atoms with E-state index in [1.165, 1.54) is 30.4 Å². The van der Waals surface area contributed by atoms with E-state index in [4.69, 9.17) is 0 Å². The van der Waals surface area contributed by atoms with Crippen LogP contribution in [0, 0.1) is 6.92 Å². The number of hydrogen-bond acceptors (Lipinski definition) is 5. The third kappa shape index (κ3) is 9.28. The van der Waals surface area contributed by atoms with E-state index in [0.29, 0.717) is 31.1 Å². The molecule has 7 nitrogen and oxygen atoms in total. The molecule has 3 rings (SSSR count). The van der Waals surface area contributed by atoms with Crippen LogP contribution in [0.25, 0.3) is 0 Å². The molecule has 2 aromatic rings. The Kier molecular flexibility index (Phi) is 11.7. The van der Waals surface area contributed by atoms with Crippen LogP contribution in [0.1, 0.15) is 55.2 Å². The molecule has 2 amide bonds. The van der Waals surface area contributed by atoms with Crippen molar-refractivity contribution in [2.45, 2.75) is 64.3 Å². The Morgan fingerprint density at radius 3 is 2.42 bits per heavy atom. The van der Waals surface area contributed by atoms with Crippen molar-refractivity contribution in [2.24, 2.45) is 0 Å². The molecule has 196 valence electrons. The first-order valence-electron chi connectivity index (χ1n) is 13.4. The lowest BCUT2D eigenvalue weighted by Gasteiger charge is -2.34. The summed E-state index contributed by atoms with van der Waals surface area (Å²) in [5.41, 5.74) is 4.06. The van der Waals surface area contributed by atoms with Crippen LogP contribution in [-0.4, -0.2) is 61.1 Å². The highest BCUT2D eigenvalue weighted by Gasteiger charge is 2.24. The van der Waals surface area contributed by atoms with Crippen LogP contribution in [0.3, 0.4) is 0 Å². The molecule has 1 aliphatic carbocycles. The topological polar surface area (TPSA) is 93.7 Å². The van der Waals surface area contributed by atoms with Crippen molar-refractivity contribution in [3.63, 3.8) is 0 Å². The van der Waals surface area contributed by atoms with Gasteiger partial charge >= 0.3 is 0 Å². The van der Waals surface area contributed by atoms with Crippen molar-refractivity contribution >= 4 is 18.0 Å². The largest absolute Gasteiger partial charge is 0.506 e. The van der Waals surface area contributed by atoms with Crippen molar-refractivity contribution in [3.05, 3.63) is 59.2 Å². The maximum absolute atomic E-state index is 13.1. The van der Waals surface area contributed by atoms with Gasteiger partial charge in [0.1, 0.15) is 5.75 Å². The number of nitrogens with zero attached hydrogens (tertiary/aromatic N) is 1. The highest BCUT2D eigenvalue weighted by Crippen LogP contribution is 2.24. The van der Waals surface area contributed by atoms with Crippen LogP contribution < -0.4 is 16.0 Å². The van der Waals surface area contributed by atoms with Crippen LogP contribution in [0.15, 0.2) is 42.5 Å². The van der Waals surface area contributed by atoms with E-state index in [0.717, 1.165) is 57.4 Å². The quantitative estimate of drug-likeness (QED) is 0.172. The Morgan fingerprint density at radius 2 is 1.69 bits per heavy atom. The third-order valence-corrected chi connectivity index (χ3v) is 6.92. The lowest BCUT2D eigenvalue weighted by Crippen LogP contribution is -2.45. The van der Waals surface area contributed by atoms with Gasteiger partial charge in [-0.3, -0.25) is 9.59 Å². The summed E-state index contributed by atoms with van der Waals surface area (Å²) in [6.45, 7) is 5.93. The van der Waals surface area contributed by atoms with Gasteiger partial charge in [0.15, 0.2) is 0 Å². The highest BCUT2D eigenvalue weighted by molar-refractivity contribution is 5.77. The average molecular weight is 495 g/mol. The predicted octanol–water partition coefficient (Wildman–Crippen LogP) is 3.78. The first-order valence-corrected chi connectivity index (χ1v) is 13.4. The van der Waals surface area contributed by atoms with Gasteiger partial charge in [-0.1, -0.05) is 55.2 Å². The maximum atomic E-state index is 13.1. The molecule has 7 heteroatoms. The Balaban J connectivity index is 1.40. The minimum Gasteiger partial charge on any atom is -0.506 e. The first kappa shape index (κ1) is 27.7. The van der Waals surface area contributed by atoms with Crippen LogP contribution in [0.4, 0.5) is 5.69 Å². The molecule has 4 N–H and O–H groups in total. The lowest BCUT2D eigenvalue weighted by atomic mass is 9.94. The smallest absolute Gasteiger partial charge is 0.224 e. The molecule has 0 aliphatic heterocycles. The molecule has 0 unspecified atom stereocenters. The van der Waals surface area contributed by atoms with E-state index in [2.05, 4.69) is 52.0 Å². The fraction of sp³-hybridized carbons (Fsp3) is 0.517. The second kappa shape index (κ2) is 15.3. The Labute approximate surface area is 215 Å². The number of carbonyl (C=O) groups is 2. The van der Waals surface area contributed by atoms with Crippen LogP contribution >= 0.6 is 0 Å². The normalized spacial score (nSPS) is 13.9. The van der Waals surface area contributed by atoms with Gasteiger partial charge in [-0.25, -0.2) is 0 Å². The van der Waals surface area contributed by atoms with Gasteiger partial charge in [0, 0.05) is 32.1 Å².